The standard InChI is InChI=1S/C11H14N2/c1-2-3-8-13-11-7-5-4-6-10(11)9-12-13/h4-7,9H,2-3,8H2,1H3. The lowest BCUT2D eigenvalue weighted by atomic mass is 10.2. The Kier molecular flexibility index (Phi) is 2.30. The second kappa shape index (κ2) is 3.60. The van der Waals surface area contributed by atoms with Gasteiger partial charge >= 0.3 is 0 Å². The number of benzene rings is 1. The molecule has 2 heteroatoms. The van der Waals surface area contributed by atoms with Gasteiger partial charge in [0.25, 0.3) is 0 Å². The Labute approximate surface area is 78.2 Å². The average molecular weight is 174 g/mol. The summed E-state index contributed by atoms with van der Waals surface area (Å²) in [5, 5.41) is 5.58. The van der Waals surface area contributed by atoms with Gasteiger partial charge in [-0.1, -0.05) is 31.5 Å². The largest absolute Gasteiger partial charge is 0.265 e. The van der Waals surface area contributed by atoms with E-state index >= 15 is 0 Å². The number of rotatable bonds is 3. The van der Waals surface area contributed by atoms with Gasteiger partial charge in [0, 0.05) is 11.9 Å². The lowest BCUT2D eigenvalue weighted by Gasteiger charge is -2.00. The van der Waals surface area contributed by atoms with Crippen molar-refractivity contribution in [2.75, 3.05) is 0 Å². The fraction of sp³-hybridized carbons (Fsp3) is 0.364. The lowest BCUT2D eigenvalue weighted by molar-refractivity contribution is 0.588. The normalized spacial score (nSPS) is 10.8. The van der Waals surface area contributed by atoms with Crippen LogP contribution in [0.5, 0.6) is 0 Å². The number of hydrogen-bond donors (Lipinski definition) is 0. The van der Waals surface area contributed by atoms with Gasteiger partial charge in [-0.3, -0.25) is 4.68 Å². The van der Waals surface area contributed by atoms with Crippen LogP contribution in [0.15, 0.2) is 30.5 Å². The summed E-state index contributed by atoms with van der Waals surface area (Å²) in [7, 11) is 0. The lowest BCUT2D eigenvalue weighted by Crippen LogP contribution is -1.98. The molecule has 1 aromatic heterocycles. The van der Waals surface area contributed by atoms with E-state index in [4.69, 9.17) is 0 Å². The minimum Gasteiger partial charge on any atom is -0.265 e. The second-order valence-corrected chi connectivity index (χ2v) is 3.28. The molecular formula is C11H14N2. The molecule has 0 aliphatic heterocycles. The summed E-state index contributed by atoms with van der Waals surface area (Å²) >= 11 is 0. The topological polar surface area (TPSA) is 17.8 Å². The molecule has 0 fully saturated rings. The summed E-state index contributed by atoms with van der Waals surface area (Å²) in [6.45, 7) is 3.23. The van der Waals surface area contributed by atoms with Crippen molar-refractivity contribution in [3.63, 3.8) is 0 Å². The van der Waals surface area contributed by atoms with Gasteiger partial charge in [-0.15, -0.1) is 0 Å². The number of unbranched alkanes of at least 4 members (excludes halogenated alkanes) is 1. The summed E-state index contributed by atoms with van der Waals surface area (Å²) in [6, 6.07) is 8.34. The van der Waals surface area contributed by atoms with Gasteiger partial charge in [-0.05, 0) is 12.5 Å². The van der Waals surface area contributed by atoms with Crippen molar-refractivity contribution in [1.82, 2.24) is 9.78 Å². The van der Waals surface area contributed by atoms with Gasteiger partial charge in [-0.2, -0.15) is 5.10 Å². The van der Waals surface area contributed by atoms with Crippen LogP contribution >= 0.6 is 0 Å². The second-order valence-electron chi connectivity index (χ2n) is 3.28. The number of aryl methyl sites for hydroxylation is 1. The molecule has 0 aliphatic carbocycles. The van der Waals surface area contributed by atoms with E-state index in [1.54, 1.807) is 0 Å². The summed E-state index contributed by atoms with van der Waals surface area (Å²) in [5.41, 5.74) is 1.25. The molecule has 0 unspecified atom stereocenters. The minimum absolute atomic E-state index is 1.03. The number of aromatic nitrogens is 2. The zero-order chi connectivity index (χ0) is 9.10. The highest BCUT2D eigenvalue weighted by Crippen LogP contribution is 2.12. The maximum atomic E-state index is 4.35. The van der Waals surface area contributed by atoms with Gasteiger partial charge in [0.2, 0.25) is 0 Å². The zero-order valence-corrected chi connectivity index (χ0v) is 7.90. The Bertz CT molecular complexity index is 390. The third-order valence-electron chi connectivity index (χ3n) is 2.27. The highest BCUT2D eigenvalue weighted by atomic mass is 15.3. The number of nitrogens with zero attached hydrogens (tertiary/aromatic N) is 2. The van der Waals surface area contributed by atoms with Crippen LogP contribution < -0.4 is 0 Å². The van der Waals surface area contributed by atoms with Crippen LogP contribution in [0.3, 0.4) is 0 Å². The first-order chi connectivity index (χ1) is 6.42. The van der Waals surface area contributed by atoms with Crippen molar-refractivity contribution in [3.05, 3.63) is 30.5 Å². The molecule has 1 aromatic carbocycles. The van der Waals surface area contributed by atoms with Crippen molar-refractivity contribution in [2.45, 2.75) is 26.3 Å². The molecule has 0 atom stereocenters. The Hall–Kier alpha value is -1.31. The number of hydrogen-bond acceptors (Lipinski definition) is 1. The highest BCUT2D eigenvalue weighted by Gasteiger charge is 1.99. The Balaban J connectivity index is 2.35. The van der Waals surface area contributed by atoms with Crippen LogP contribution in [0.2, 0.25) is 0 Å². The Morgan fingerprint density at radius 3 is 3.00 bits per heavy atom. The highest BCUT2D eigenvalue weighted by molar-refractivity contribution is 5.78. The molecule has 0 saturated carbocycles. The van der Waals surface area contributed by atoms with Gasteiger partial charge in [0.15, 0.2) is 0 Å². The summed E-state index contributed by atoms with van der Waals surface area (Å²) in [6.07, 6.45) is 4.35. The molecule has 2 rings (SSSR count). The van der Waals surface area contributed by atoms with Crippen LogP contribution in [0.1, 0.15) is 19.8 Å². The first-order valence-electron chi connectivity index (χ1n) is 4.82. The van der Waals surface area contributed by atoms with E-state index in [0.29, 0.717) is 0 Å². The first kappa shape index (κ1) is 8.30. The number of fused-ring (bicyclic) bond motifs is 1. The molecular weight excluding hydrogens is 160 g/mol. The van der Waals surface area contributed by atoms with E-state index in [0.717, 1.165) is 6.54 Å². The van der Waals surface area contributed by atoms with Crippen molar-refractivity contribution < 1.29 is 0 Å². The van der Waals surface area contributed by atoms with Crippen LogP contribution in [0.4, 0.5) is 0 Å². The SMILES string of the molecule is CCCCn1ncc2ccccc21. The molecule has 0 N–H and O–H groups in total. The first-order valence-corrected chi connectivity index (χ1v) is 4.82. The number of para-hydroxylation sites is 1. The molecule has 0 bridgehead atoms. The molecule has 0 aliphatic rings. The van der Waals surface area contributed by atoms with Crippen LogP contribution in [0, 0.1) is 0 Å². The van der Waals surface area contributed by atoms with E-state index in [2.05, 4.69) is 34.9 Å². The van der Waals surface area contributed by atoms with E-state index in [1.165, 1.54) is 23.7 Å². The fourth-order valence-electron chi connectivity index (χ4n) is 1.51. The van der Waals surface area contributed by atoms with Gasteiger partial charge < -0.3 is 0 Å². The fourth-order valence-corrected chi connectivity index (χ4v) is 1.51. The zero-order valence-electron chi connectivity index (χ0n) is 7.90. The van der Waals surface area contributed by atoms with E-state index in [-0.39, 0.29) is 0 Å². The van der Waals surface area contributed by atoms with Gasteiger partial charge in [-0.25, -0.2) is 0 Å². The quantitative estimate of drug-likeness (QED) is 0.699. The molecule has 68 valence electrons. The molecule has 0 saturated heterocycles. The van der Waals surface area contributed by atoms with Crippen LogP contribution in [-0.2, 0) is 6.54 Å². The third kappa shape index (κ3) is 1.57. The van der Waals surface area contributed by atoms with Crippen LogP contribution in [-0.4, -0.2) is 9.78 Å². The van der Waals surface area contributed by atoms with E-state index < -0.39 is 0 Å². The summed E-state index contributed by atoms with van der Waals surface area (Å²) in [5.74, 6) is 0. The van der Waals surface area contributed by atoms with Gasteiger partial charge in [0.05, 0.1) is 11.7 Å². The van der Waals surface area contributed by atoms with E-state index in [1.807, 2.05) is 12.3 Å². The summed E-state index contributed by atoms with van der Waals surface area (Å²) in [4.78, 5) is 0. The molecule has 0 spiro atoms. The van der Waals surface area contributed by atoms with Crippen molar-refractivity contribution >= 4 is 10.9 Å². The Morgan fingerprint density at radius 1 is 1.31 bits per heavy atom. The predicted molar refractivity (Wildman–Crippen MR) is 54.6 cm³/mol. The van der Waals surface area contributed by atoms with Crippen molar-refractivity contribution in [2.24, 2.45) is 0 Å². The molecule has 2 aromatic rings. The predicted octanol–water partition coefficient (Wildman–Crippen LogP) is 2.84. The van der Waals surface area contributed by atoms with E-state index in [9.17, 15) is 0 Å². The molecule has 13 heavy (non-hydrogen) atoms. The third-order valence-corrected chi connectivity index (χ3v) is 2.27. The molecule has 0 amide bonds. The van der Waals surface area contributed by atoms with Crippen LogP contribution in [0.25, 0.3) is 10.9 Å². The average Bonchev–Trinajstić information content (AvgIpc) is 2.58. The minimum atomic E-state index is 1.03. The smallest absolute Gasteiger partial charge is 0.0682 e. The monoisotopic (exact) mass is 174 g/mol. The molecule has 0 radical (unpaired) electrons. The molecule has 1 heterocycles. The van der Waals surface area contributed by atoms with Gasteiger partial charge in [0.1, 0.15) is 0 Å². The van der Waals surface area contributed by atoms with Crippen molar-refractivity contribution in [1.29, 1.82) is 0 Å². The van der Waals surface area contributed by atoms with Crippen molar-refractivity contribution in [3.8, 4) is 0 Å². The summed E-state index contributed by atoms with van der Waals surface area (Å²) < 4.78 is 2.08. The Morgan fingerprint density at radius 2 is 2.15 bits per heavy atom. The molecule has 2 nitrogen and oxygen atoms in total. The maximum absolute atomic E-state index is 4.35. The maximum Gasteiger partial charge on any atom is 0.0682 e.